The maximum absolute atomic E-state index is 12.2. The van der Waals surface area contributed by atoms with E-state index in [0.717, 1.165) is 15.0 Å². The molecule has 2 rings (SSSR count). The summed E-state index contributed by atoms with van der Waals surface area (Å²) in [5, 5.41) is 3.41. The zero-order valence-electron chi connectivity index (χ0n) is 11.0. The van der Waals surface area contributed by atoms with Gasteiger partial charge in [-0.25, -0.2) is 0 Å². The number of benzene rings is 1. The molecule has 2 aromatic rings. The lowest BCUT2D eigenvalue weighted by Crippen LogP contribution is -2.22. The molecule has 1 unspecified atom stereocenters. The van der Waals surface area contributed by atoms with E-state index in [1.54, 1.807) is 18.2 Å². The van der Waals surface area contributed by atoms with E-state index in [2.05, 4.69) is 5.32 Å². The highest BCUT2D eigenvalue weighted by molar-refractivity contribution is 7.99. The van der Waals surface area contributed by atoms with Crippen molar-refractivity contribution in [3.63, 3.8) is 0 Å². The molecule has 0 aliphatic carbocycles. The quantitative estimate of drug-likeness (QED) is 0.692. The lowest BCUT2D eigenvalue weighted by Gasteiger charge is -2.13. The summed E-state index contributed by atoms with van der Waals surface area (Å²) >= 11 is 21.0. The number of nitrogens with one attached hydrogen (secondary N) is 1. The van der Waals surface area contributed by atoms with Crippen molar-refractivity contribution in [1.29, 1.82) is 0 Å². The number of para-hydroxylation sites is 1. The molecule has 0 radical (unpaired) electrons. The van der Waals surface area contributed by atoms with E-state index in [-0.39, 0.29) is 11.2 Å². The molecular formula is C14H12Cl3NOS2. The predicted molar refractivity (Wildman–Crippen MR) is 95.2 cm³/mol. The van der Waals surface area contributed by atoms with Crippen LogP contribution in [-0.4, -0.2) is 11.2 Å². The number of carbonyl (C=O) groups excluding carboxylic acids is 1. The van der Waals surface area contributed by atoms with Crippen LogP contribution in [0.5, 0.6) is 0 Å². The lowest BCUT2D eigenvalue weighted by molar-refractivity contribution is -0.115. The summed E-state index contributed by atoms with van der Waals surface area (Å²) < 4.78 is 0.755. The van der Waals surface area contributed by atoms with E-state index in [9.17, 15) is 4.79 Å². The molecule has 0 bridgehead atoms. The molecule has 1 aromatic heterocycles. The smallest absolute Gasteiger partial charge is 0.237 e. The molecule has 0 aliphatic rings. The third-order valence-electron chi connectivity index (χ3n) is 2.68. The van der Waals surface area contributed by atoms with Gasteiger partial charge in [0.15, 0.2) is 0 Å². The van der Waals surface area contributed by atoms with Crippen molar-refractivity contribution < 1.29 is 4.79 Å². The van der Waals surface area contributed by atoms with Gasteiger partial charge in [-0.15, -0.1) is 23.1 Å². The Morgan fingerprint density at radius 1 is 1.24 bits per heavy atom. The van der Waals surface area contributed by atoms with Gasteiger partial charge in [0.05, 0.1) is 25.3 Å². The van der Waals surface area contributed by atoms with Gasteiger partial charge in [-0.05, 0) is 31.2 Å². The predicted octanol–water partition coefficient (Wildman–Crippen LogP) is 5.97. The van der Waals surface area contributed by atoms with Gasteiger partial charge in [0.2, 0.25) is 5.91 Å². The highest BCUT2D eigenvalue weighted by atomic mass is 35.5. The molecular weight excluding hydrogens is 369 g/mol. The number of hydrogen-bond donors (Lipinski definition) is 1. The number of halogens is 3. The van der Waals surface area contributed by atoms with Crippen molar-refractivity contribution in [3.8, 4) is 0 Å². The third-order valence-corrected chi connectivity index (χ3v) is 5.92. The number of hydrogen-bond acceptors (Lipinski definition) is 3. The van der Waals surface area contributed by atoms with Gasteiger partial charge in [0, 0.05) is 10.6 Å². The van der Waals surface area contributed by atoms with Crippen LogP contribution in [0.3, 0.4) is 0 Å². The van der Waals surface area contributed by atoms with Crippen LogP contribution in [-0.2, 0) is 10.5 Å². The van der Waals surface area contributed by atoms with Gasteiger partial charge in [0.1, 0.15) is 0 Å². The van der Waals surface area contributed by atoms with Crippen LogP contribution in [0, 0.1) is 0 Å². The lowest BCUT2D eigenvalue weighted by atomic mass is 10.3. The summed E-state index contributed by atoms with van der Waals surface area (Å²) in [6, 6.07) is 8.94. The zero-order valence-corrected chi connectivity index (χ0v) is 14.9. The second kappa shape index (κ2) is 7.75. The van der Waals surface area contributed by atoms with E-state index in [0.29, 0.717) is 15.7 Å². The van der Waals surface area contributed by atoms with Crippen LogP contribution in [0.2, 0.25) is 14.4 Å². The van der Waals surface area contributed by atoms with Crippen LogP contribution in [0.25, 0.3) is 0 Å². The van der Waals surface area contributed by atoms with Crippen molar-refractivity contribution in [3.05, 3.63) is 49.6 Å². The summed E-state index contributed by atoms with van der Waals surface area (Å²) in [6.45, 7) is 1.85. The molecule has 1 heterocycles. The first kappa shape index (κ1) is 17.0. The van der Waals surface area contributed by atoms with Gasteiger partial charge in [-0.2, -0.15) is 0 Å². The van der Waals surface area contributed by atoms with E-state index in [1.165, 1.54) is 23.1 Å². The summed E-state index contributed by atoms with van der Waals surface area (Å²) in [5.41, 5.74) is 0.456. The molecule has 0 aliphatic heterocycles. The van der Waals surface area contributed by atoms with E-state index >= 15 is 0 Å². The maximum Gasteiger partial charge on any atom is 0.237 e. The minimum absolute atomic E-state index is 0.127. The second-order valence-corrected chi connectivity index (χ2v) is 8.19. The van der Waals surface area contributed by atoms with Crippen molar-refractivity contribution in [1.82, 2.24) is 0 Å². The molecule has 1 atom stereocenters. The van der Waals surface area contributed by atoms with Gasteiger partial charge in [-0.1, -0.05) is 40.9 Å². The second-order valence-electron chi connectivity index (χ2n) is 4.24. The first-order chi connectivity index (χ1) is 9.97. The number of thioether (sulfide) groups is 1. The van der Waals surface area contributed by atoms with E-state index in [4.69, 9.17) is 34.8 Å². The summed E-state index contributed by atoms with van der Waals surface area (Å²) in [6.07, 6.45) is 0. The third kappa shape index (κ3) is 4.80. The minimum Gasteiger partial charge on any atom is -0.323 e. The van der Waals surface area contributed by atoms with Gasteiger partial charge >= 0.3 is 0 Å². The SMILES string of the molecule is CC(SCc1ccc(Cl)s1)C(=O)Nc1c(Cl)cccc1Cl. The number of anilines is 1. The van der Waals surface area contributed by atoms with Crippen LogP contribution >= 0.6 is 57.9 Å². The Kier molecular flexibility index (Phi) is 6.26. The van der Waals surface area contributed by atoms with E-state index in [1.807, 2.05) is 19.1 Å². The van der Waals surface area contributed by atoms with Crippen molar-refractivity contribution >= 4 is 69.5 Å². The monoisotopic (exact) mass is 379 g/mol. The molecule has 21 heavy (non-hydrogen) atoms. The molecule has 7 heteroatoms. The van der Waals surface area contributed by atoms with E-state index < -0.39 is 0 Å². The Labute approximate surface area is 146 Å². The van der Waals surface area contributed by atoms with Gasteiger partial charge in [0.25, 0.3) is 0 Å². The average Bonchev–Trinajstić information content (AvgIpc) is 2.86. The maximum atomic E-state index is 12.2. The van der Waals surface area contributed by atoms with Crippen LogP contribution in [0.4, 0.5) is 5.69 Å². The highest BCUT2D eigenvalue weighted by Gasteiger charge is 2.16. The Morgan fingerprint density at radius 3 is 2.48 bits per heavy atom. The molecule has 1 amide bonds. The van der Waals surface area contributed by atoms with Crippen LogP contribution in [0.15, 0.2) is 30.3 Å². The van der Waals surface area contributed by atoms with Crippen molar-refractivity contribution in [2.45, 2.75) is 17.9 Å². The molecule has 1 N–H and O–H groups in total. The Balaban J connectivity index is 1.93. The first-order valence-electron chi connectivity index (χ1n) is 6.08. The number of amides is 1. The minimum atomic E-state index is -0.224. The Bertz CT molecular complexity index is 625. The zero-order chi connectivity index (χ0) is 15.4. The summed E-state index contributed by atoms with van der Waals surface area (Å²) in [7, 11) is 0. The molecule has 0 saturated carbocycles. The Hall–Kier alpha value is -0.390. The topological polar surface area (TPSA) is 29.1 Å². The molecule has 1 aromatic carbocycles. The molecule has 0 spiro atoms. The van der Waals surface area contributed by atoms with Crippen molar-refractivity contribution in [2.75, 3.05) is 5.32 Å². The standard InChI is InChI=1S/C14H12Cl3NOS2/c1-8(20-7-9-5-6-12(17)21-9)14(19)18-13-10(15)3-2-4-11(13)16/h2-6,8H,7H2,1H3,(H,18,19). The fourth-order valence-electron chi connectivity index (χ4n) is 1.55. The normalized spacial score (nSPS) is 12.2. The Morgan fingerprint density at radius 2 is 1.90 bits per heavy atom. The molecule has 112 valence electrons. The number of carbonyl (C=O) groups is 1. The molecule has 0 saturated heterocycles. The molecule has 0 fully saturated rings. The fraction of sp³-hybridized carbons (Fsp3) is 0.214. The van der Waals surface area contributed by atoms with Crippen LogP contribution < -0.4 is 5.32 Å². The molecule has 2 nitrogen and oxygen atoms in total. The summed E-state index contributed by atoms with van der Waals surface area (Å²) in [5.74, 6) is 0.611. The van der Waals surface area contributed by atoms with Crippen LogP contribution in [0.1, 0.15) is 11.8 Å². The highest BCUT2D eigenvalue weighted by Crippen LogP contribution is 2.31. The van der Waals surface area contributed by atoms with Crippen molar-refractivity contribution in [2.24, 2.45) is 0 Å². The number of rotatable bonds is 5. The van der Waals surface area contributed by atoms with Gasteiger partial charge in [-0.3, -0.25) is 4.79 Å². The first-order valence-corrected chi connectivity index (χ1v) is 9.08. The fourth-order valence-corrected chi connectivity index (χ4v) is 4.09. The van der Waals surface area contributed by atoms with Gasteiger partial charge < -0.3 is 5.32 Å². The largest absolute Gasteiger partial charge is 0.323 e. The average molecular weight is 381 g/mol. The number of thiophene rings is 1. The summed E-state index contributed by atoms with van der Waals surface area (Å²) in [4.78, 5) is 13.3.